The van der Waals surface area contributed by atoms with Crippen LogP contribution in [-0.2, 0) is 11.3 Å². The SMILES string of the molecule is CN1CCN(c2cn(CCCN)cc2-c2ccc(Cl)cc2Cl)C(=O)C1. The van der Waals surface area contributed by atoms with E-state index in [1.54, 1.807) is 6.07 Å². The Hall–Kier alpha value is -1.53. The van der Waals surface area contributed by atoms with E-state index in [1.807, 2.05) is 41.4 Å². The molecule has 2 heterocycles. The van der Waals surface area contributed by atoms with Gasteiger partial charge in [-0.05, 0) is 32.1 Å². The first-order chi connectivity index (χ1) is 12.0. The second-order valence-corrected chi connectivity index (χ2v) is 7.19. The number of likely N-dealkylation sites (N-methyl/N-ethyl adjacent to an activating group) is 1. The predicted molar refractivity (Wildman–Crippen MR) is 103 cm³/mol. The molecule has 0 radical (unpaired) electrons. The Labute approximate surface area is 157 Å². The molecule has 1 aliphatic rings. The monoisotopic (exact) mass is 380 g/mol. The zero-order valence-electron chi connectivity index (χ0n) is 14.2. The highest BCUT2D eigenvalue weighted by Crippen LogP contribution is 2.38. The van der Waals surface area contributed by atoms with Crippen molar-refractivity contribution in [3.05, 3.63) is 40.6 Å². The van der Waals surface area contributed by atoms with Crippen LogP contribution >= 0.6 is 23.2 Å². The van der Waals surface area contributed by atoms with Crippen molar-refractivity contribution in [3.8, 4) is 11.1 Å². The molecule has 0 saturated carbocycles. The first-order valence-electron chi connectivity index (χ1n) is 8.34. The molecule has 2 N–H and O–H groups in total. The molecule has 1 fully saturated rings. The molecular formula is C18H22Cl2N4O. The average molecular weight is 381 g/mol. The van der Waals surface area contributed by atoms with Gasteiger partial charge < -0.3 is 15.2 Å². The van der Waals surface area contributed by atoms with Gasteiger partial charge in [-0.3, -0.25) is 9.69 Å². The fourth-order valence-electron chi connectivity index (χ4n) is 3.07. The summed E-state index contributed by atoms with van der Waals surface area (Å²) in [6.45, 7) is 3.35. The third kappa shape index (κ3) is 4.01. The molecule has 0 atom stereocenters. The van der Waals surface area contributed by atoms with Gasteiger partial charge in [0.05, 0.1) is 17.3 Å². The van der Waals surface area contributed by atoms with Gasteiger partial charge in [0, 0.05) is 48.2 Å². The van der Waals surface area contributed by atoms with Crippen molar-refractivity contribution in [1.82, 2.24) is 9.47 Å². The number of carbonyl (C=O) groups excluding carboxylic acids is 1. The van der Waals surface area contributed by atoms with Gasteiger partial charge in [-0.2, -0.15) is 0 Å². The van der Waals surface area contributed by atoms with E-state index in [0.29, 0.717) is 29.7 Å². The number of hydrogen-bond acceptors (Lipinski definition) is 3. The van der Waals surface area contributed by atoms with Gasteiger partial charge in [-0.25, -0.2) is 0 Å². The highest BCUT2D eigenvalue weighted by molar-refractivity contribution is 6.36. The summed E-state index contributed by atoms with van der Waals surface area (Å²) in [7, 11) is 1.96. The summed E-state index contributed by atoms with van der Waals surface area (Å²) >= 11 is 12.5. The van der Waals surface area contributed by atoms with Gasteiger partial charge in [0.2, 0.25) is 5.91 Å². The fourth-order valence-corrected chi connectivity index (χ4v) is 3.59. The Kier molecular flexibility index (Phi) is 5.69. The standard InChI is InChI=1S/C18H22Cl2N4O/c1-22-7-8-24(18(25)12-22)17-11-23(6-2-5-21)10-15(17)14-4-3-13(19)9-16(14)20/h3-4,9-11H,2,5-8,12,21H2,1H3. The number of benzene rings is 1. The molecule has 5 nitrogen and oxygen atoms in total. The number of piperazine rings is 1. The van der Waals surface area contributed by atoms with Crippen LogP contribution in [0.15, 0.2) is 30.6 Å². The molecular weight excluding hydrogens is 359 g/mol. The van der Waals surface area contributed by atoms with E-state index >= 15 is 0 Å². The average Bonchev–Trinajstić information content (AvgIpc) is 2.96. The first-order valence-corrected chi connectivity index (χ1v) is 9.09. The van der Waals surface area contributed by atoms with Crippen LogP contribution in [-0.4, -0.2) is 48.6 Å². The van der Waals surface area contributed by atoms with Crippen LogP contribution in [0.4, 0.5) is 5.69 Å². The number of aryl methyl sites for hydroxylation is 1. The molecule has 1 aromatic heterocycles. The van der Waals surface area contributed by atoms with Crippen molar-refractivity contribution in [1.29, 1.82) is 0 Å². The number of nitrogens with two attached hydrogens (primary N) is 1. The van der Waals surface area contributed by atoms with E-state index in [-0.39, 0.29) is 5.91 Å². The maximum atomic E-state index is 12.6. The topological polar surface area (TPSA) is 54.5 Å². The number of rotatable bonds is 5. The van der Waals surface area contributed by atoms with Crippen molar-refractivity contribution >= 4 is 34.8 Å². The number of aromatic nitrogens is 1. The van der Waals surface area contributed by atoms with Crippen molar-refractivity contribution in [2.24, 2.45) is 5.73 Å². The molecule has 134 valence electrons. The van der Waals surface area contributed by atoms with Gasteiger partial charge in [0.15, 0.2) is 0 Å². The third-order valence-corrected chi connectivity index (χ3v) is 4.95. The molecule has 7 heteroatoms. The van der Waals surface area contributed by atoms with Gasteiger partial charge in [-0.15, -0.1) is 0 Å². The van der Waals surface area contributed by atoms with E-state index in [4.69, 9.17) is 28.9 Å². The summed E-state index contributed by atoms with van der Waals surface area (Å²) in [6.07, 6.45) is 4.92. The van der Waals surface area contributed by atoms with Crippen molar-refractivity contribution in [2.75, 3.05) is 38.1 Å². The quantitative estimate of drug-likeness (QED) is 0.866. The van der Waals surface area contributed by atoms with Gasteiger partial charge in [0.25, 0.3) is 0 Å². The zero-order valence-corrected chi connectivity index (χ0v) is 15.7. The van der Waals surface area contributed by atoms with Gasteiger partial charge in [-0.1, -0.05) is 29.3 Å². The number of amides is 1. The van der Waals surface area contributed by atoms with Gasteiger partial charge >= 0.3 is 0 Å². The van der Waals surface area contributed by atoms with Crippen LogP contribution < -0.4 is 10.6 Å². The molecule has 0 unspecified atom stereocenters. The summed E-state index contributed by atoms with van der Waals surface area (Å²) < 4.78 is 2.08. The van der Waals surface area contributed by atoms with Crippen LogP contribution in [0.25, 0.3) is 11.1 Å². The van der Waals surface area contributed by atoms with Crippen molar-refractivity contribution < 1.29 is 4.79 Å². The van der Waals surface area contributed by atoms with E-state index in [2.05, 4.69) is 4.57 Å². The summed E-state index contributed by atoms with van der Waals surface area (Å²) in [4.78, 5) is 16.4. The molecule has 0 aliphatic carbocycles. The highest BCUT2D eigenvalue weighted by Gasteiger charge is 2.26. The third-order valence-electron chi connectivity index (χ3n) is 4.40. The largest absolute Gasteiger partial charge is 0.351 e. The normalized spacial score (nSPS) is 15.8. The lowest BCUT2D eigenvalue weighted by molar-refractivity contribution is -0.120. The maximum absolute atomic E-state index is 12.6. The molecule has 0 spiro atoms. The Balaban J connectivity index is 2.03. The molecule has 1 amide bonds. The Morgan fingerprint density at radius 2 is 1.96 bits per heavy atom. The number of halogens is 2. The van der Waals surface area contributed by atoms with Crippen LogP contribution in [0, 0.1) is 0 Å². The van der Waals surface area contributed by atoms with Crippen LogP contribution in [0.2, 0.25) is 10.0 Å². The molecule has 1 saturated heterocycles. The molecule has 0 bridgehead atoms. The van der Waals surface area contributed by atoms with Crippen molar-refractivity contribution in [2.45, 2.75) is 13.0 Å². The van der Waals surface area contributed by atoms with E-state index in [1.165, 1.54) is 0 Å². The molecule has 1 aliphatic heterocycles. The zero-order chi connectivity index (χ0) is 18.0. The maximum Gasteiger partial charge on any atom is 0.241 e. The Morgan fingerprint density at radius 1 is 1.16 bits per heavy atom. The molecule has 25 heavy (non-hydrogen) atoms. The van der Waals surface area contributed by atoms with E-state index in [0.717, 1.165) is 36.3 Å². The summed E-state index contributed by atoms with van der Waals surface area (Å²) in [5, 5.41) is 1.17. The Bertz CT molecular complexity index is 774. The Morgan fingerprint density at radius 3 is 2.64 bits per heavy atom. The summed E-state index contributed by atoms with van der Waals surface area (Å²) in [5.41, 5.74) is 8.34. The minimum Gasteiger partial charge on any atom is -0.351 e. The lowest BCUT2D eigenvalue weighted by Gasteiger charge is -2.32. The number of nitrogens with zero attached hydrogens (tertiary/aromatic N) is 3. The summed E-state index contributed by atoms with van der Waals surface area (Å²) in [6, 6.07) is 5.44. The minimum atomic E-state index is 0.0941. The first kappa shape index (κ1) is 18.3. The van der Waals surface area contributed by atoms with E-state index < -0.39 is 0 Å². The van der Waals surface area contributed by atoms with E-state index in [9.17, 15) is 4.79 Å². The van der Waals surface area contributed by atoms with Crippen LogP contribution in [0.5, 0.6) is 0 Å². The summed E-state index contributed by atoms with van der Waals surface area (Å²) in [5.74, 6) is 0.0941. The van der Waals surface area contributed by atoms with Crippen LogP contribution in [0.1, 0.15) is 6.42 Å². The van der Waals surface area contributed by atoms with Gasteiger partial charge in [0.1, 0.15) is 0 Å². The number of carbonyl (C=O) groups is 1. The second-order valence-electron chi connectivity index (χ2n) is 6.34. The number of anilines is 1. The molecule has 1 aromatic carbocycles. The minimum absolute atomic E-state index is 0.0941. The smallest absolute Gasteiger partial charge is 0.241 e. The lowest BCUT2D eigenvalue weighted by Crippen LogP contribution is -2.49. The predicted octanol–water partition coefficient (Wildman–Crippen LogP) is 3.09. The molecule has 3 rings (SSSR count). The van der Waals surface area contributed by atoms with Crippen molar-refractivity contribution in [3.63, 3.8) is 0 Å². The highest BCUT2D eigenvalue weighted by atomic mass is 35.5. The number of hydrogen-bond donors (Lipinski definition) is 1. The lowest BCUT2D eigenvalue weighted by atomic mass is 10.1. The fraction of sp³-hybridized carbons (Fsp3) is 0.389. The second kappa shape index (κ2) is 7.79. The molecule has 2 aromatic rings. The van der Waals surface area contributed by atoms with Crippen LogP contribution in [0.3, 0.4) is 0 Å².